The fourth-order valence-corrected chi connectivity index (χ4v) is 0.569. The Morgan fingerprint density at radius 2 is 1.88 bits per heavy atom. The Bertz CT molecular complexity index is 72.8. The lowest BCUT2D eigenvalue weighted by molar-refractivity contribution is 0.190. The molecule has 0 saturated heterocycles. The van der Waals surface area contributed by atoms with E-state index in [4.69, 9.17) is 4.52 Å². The molecule has 0 fully saturated rings. The van der Waals surface area contributed by atoms with E-state index in [1.165, 1.54) is 0 Å². The number of rotatable bonds is 3. The van der Waals surface area contributed by atoms with E-state index in [2.05, 4.69) is 0 Å². The van der Waals surface area contributed by atoms with E-state index >= 15 is 0 Å². The van der Waals surface area contributed by atoms with Crippen LogP contribution in [-0.4, -0.2) is 6.10 Å². The molecule has 0 amide bonds. The van der Waals surface area contributed by atoms with Crippen molar-refractivity contribution in [3.05, 3.63) is 0 Å². The summed E-state index contributed by atoms with van der Waals surface area (Å²) in [6.07, 6.45) is 0.0918. The lowest BCUT2D eigenvalue weighted by Crippen LogP contribution is -2.09. The standard InChI is InChI=1S/C5H11O2P/c1-4(2)5(3)7-8-6/h4-5H,1-3H3. The van der Waals surface area contributed by atoms with Crippen LogP contribution in [0.25, 0.3) is 0 Å². The van der Waals surface area contributed by atoms with Gasteiger partial charge in [0.15, 0.2) is 0 Å². The van der Waals surface area contributed by atoms with Crippen LogP contribution in [0.1, 0.15) is 20.8 Å². The molecule has 1 atom stereocenters. The molecule has 48 valence electrons. The zero-order valence-electron chi connectivity index (χ0n) is 5.42. The van der Waals surface area contributed by atoms with Crippen molar-refractivity contribution >= 4 is 8.69 Å². The van der Waals surface area contributed by atoms with Crippen molar-refractivity contribution in [1.29, 1.82) is 0 Å². The van der Waals surface area contributed by atoms with Gasteiger partial charge in [-0.25, -0.2) is 4.57 Å². The molecule has 0 aliphatic rings. The maximum atomic E-state index is 9.79. The van der Waals surface area contributed by atoms with Crippen LogP contribution in [0.4, 0.5) is 0 Å². The van der Waals surface area contributed by atoms with Gasteiger partial charge in [-0.15, -0.1) is 0 Å². The van der Waals surface area contributed by atoms with Crippen molar-refractivity contribution in [2.75, 3.05) is 0 Å². The average molecular weight is 134 g/mol. The second-order valence-electron chi connectivity index (χ2n) is 2.13. The van der Waals surface area contributed by atoms with Gasteiger partial charge in [-0.05, 0) is 12.8 Å². The SMILES string of the molecule is CC(C)C(C)OP=O. The van der Waals surface area contributed by atoms with Gasteiger partial charge in [0, 0.05) is 0 Å². The van der Waals surface area contributed by atoms with E-state index in [1.54, 1.807) is 0 Å². The second-order valence-corrected chi connectivity index (χ2v) is 2.49. The van der Waals surface area contributed by atoms with Crippen LogP contribution in [0.3, 0.4) is 0 Å². The largest absolute Gasteiger partial charge is 0.327 e. The first-order valence-electron chi connectivity index (χ1n) is 2.67. The molecular weight excluding hydrogens is 123 g/mol. The molecule has 0 spiro atoms. The molecule has 8 heavy (non-hydrogen) atoms. The Labute approximate surface area is 51.5 Å². The van der Waals surface area contributed by atoms with Gasteiger partial charge in [0.05, 0.1) is 6.10 Å². The Kier molecular flexibility index (Phi) is 4.02. The fourth-order valence-electron chi connectivity index (χ4n) is 0.190. The van der Waals surface area contributed by atoms with Gasteiger partial charge < -0.3 is 0 Å². The minimum Gasteiger partial charge on any atom is -0.291 e. The summed E-state index contributed by atoms with van der Waals surface area (Å²) in [5.41, 5.74) is 0. The fraction of sp³-hybridized carbons (Fsp3) is 1.00. The Hall–Kier alpha value is 0.0600. The minimum absolute atomic E-state index is 0.0918. The highest BCUT2D eigenvalue weighted by Gasteiger charge is 2.05. The first kappa shape index (κ1) is 8.06. The average Bonchev–Trinajstić information content (AvgIpc) is 1.67. The molecule has 0 heterocycles. The first-order chi connectivity index (χ1) is 3.68. The molecule has 2 nitrogen and oxygen atoms in total. The highest BCUT2D eigenvalue weighted by atomic mass is 31.1. The molecule has 0 aromatic heterocycles. The highest BCUT2D eigenvalue weighted by molar-refractivity contribution is 7.17. The Morgan fingerprint density at radius 1 is 1.38 bits per heavy atom. The van der Waals surface area contributed by atoms with Gasteiger partial charge in [0.1, 0.15) is 0 Å². The van der Waals surface area contributed by atoms with E-state index < -0.39 is 0 Å². The van der Waals surface area contributed by atoms with Crippen molar-refractivity contribution in [1.82, 2.24) is 0 Å². The topological polar surface area (TPSA) is 26.3 Å². The van der Waals surface area contributed by atoms with Gasteiger partial charge in [0.25, 0.3) is 0 Å². The summed E-state index contributed by atoms with van der Waals surface area (Å²) in [6, 6.07) is 0. The summed E-state index contributed by atoms with van der Waals surface area (Å²) >= 11 is 0. The Morgan fingerprint density at radius 3 is 2.00 bits per heavy atom. The van der Waals surface area contributed by atoms with Crippen LogP contribution in [0.2, 0.25) is 0 Å². The lowest BCUT2D eigenvalue weighted by Gasteiger charge is -2.09. The number of hydrogen-bond acceptors (Lipinski definition) is 2. The van der Waals surface area contributed by atoms with E-state index in [9.17, 15) is 4.57 Å². The van der Waals surface area contributed by atoms with E-state index in [0.29, 0.717) is 5.92 Å². The smallest absolute Gasteiger partial charge is 0.291 e. The molecule has 0 bridgehead atoms. The molecular formula is C5H11O2P. The van der Waals surface area contributed by atoms with Crippen molar-refractivity contribution in [3.8, 4) is 0 Å². The maximum absolute atomic E-state index is 9.79. The summed E-state index contributed by atoms with van der Waals surface area (Å²) in [7, 11) is -0.216. The third kappa shape index (κ3) is 3.11. The summed E-state index contributed by atoms with van der Waals surface area (Å²) in [6.45, 7) is 5.95. The van der Waals surface area contributed by atoms with Crippen molar-refractivity contribution in [2.45, 2.75) is 26.9 Å². The highest BCUT2D eigenvalue weighted by Crippen LogP contribution is 2.10. The maximum Gasteiger partial charge on any atom is 0.327 e. The van der Waals surface area contributed by atoms with Crippen LogP contribution in [0.15, 0.2) is 0 Å². The molecule has 0 aromatic rings. The van der Waals surface area contributed by atoms with Crippen LogP contribution in [-0.2, 0) is 9.09 Å². The van der Waals surface area contributed by atoms with Crippen LogP contribution in [0.5, 0.6) is 0 Å². The van der Waals surface area contributed by atoms with E-state index in [-0.39, 0.29) is 14.8 Å². The normalized spacial score (nSPS) is 15.0. The van der Waals surface area contributed by atoms with Gasteiger partial charge in [-0.1, -0.05) is 13.8 Å². The second kappa shape index (κ2) is 3.99. The van der Waals surface area contributed by atoms with Gasteiger partial charge in [-0.2, -0.15) is 0 Å². The zero-order chi connectivity index (χ0) is 6.57. The molecule has 0 rings (SSSR count). The number of hydrogen-bond donors (Lipinski definition) is 0. The van der Waals surface area contributed by atoms with E-state index in [0.717, 1.165) is 0 Å². The summed E-state index contributed by atoms with van der Waals surface area (Å²) < 4.78 is 14.5. The van der Waals surface area contributed by atoms with Crippen molar-refractivity contribution < 1.29 is 9.09 Å². The third-order valence-electron chi connectivity index (χ3n) is 1.15. The molecule has 0 N–H and O–H groups in total. The molecule has 0 aliphatic carbocycles. The molecule has 1 unspecified atom stereocenters. The molecule has 0 saturated carbocycles. The molecule has 0 aromatic carbocycles. The first-order valence-corrected chi connectivity index (χ1v) is 3.40. The predicted molar refractivity (Wildman–Crippen MR) is 33.0 cm³/mol. The molecule has 3 heteroatoms. The minimum atomic E-state index is -0.216. The third-order valence-corrected chi connectivity index (χ3v) is 1.57. The molecule has 0 aliphatic heterocycles. The van der Waals surface area contributed by atoms with Gasteiger partial charge in [-0.3, -0.25) is 4.52 Å². The summed E-state index contributed by atoms with van der Waals surface area (Å²) in [5, 5.41) is 0. The van der Waals surface area contributed by atoms with Gasteiger partial charge in [0.2, 0.25) is 0 Å². The van der Waals surface area contributed by atoms with Crippen LogP contribution in [0, 0.1) is 5.92 Å². The zero-order valence-corrected chi connectivity index (χ0v) is 6.31. The molecule has 0 radical (unpaired) electrons. The quantitative estimate of drug-likeness (QED) is 0.553. The van der Waals surface area contributed by atoms with Crippen molar-refractivity contribution in [3.63, 3.8) is 0 Å². The van der Waals surface area contributed by atoms with Crippen molar-refractivity contribution in [2.24, 2.45) is 5.92 Å². The summed E-state index contributed by atoms with van der Waals surface area (Å²) in [4.78, 5) is 0. The van der Waals surface area contributed by atoms with Gasteiger partial charge >= 0.3 is 8.69 Å². The Balaban J connectivity index is 3.30. The van der Waals surface area contributed by atoms with Crippen LogP contribution < -0.4 is 0 Å². The van der Waals surface area contributed by atoms with E-state index in [1.807, 2.05) is 20.8 Å². The monoisotopic (exact) mass is 134 g/mol. The summed E-state index contributed by atoms with van der Waals surface area (Å²) in [5.74, 6) is 0.441. The predicted octanol–water partition coefficient (Wildman–Crippen LogP) is 2.25. The van der Waals surface area contributed by atoms with Crippen LogP contribution >= 0.6 is 8.69 Å². The lowest BCUT2D eigenvalue weighted by atomic mass is 10.1.